The Morgan fingerprint density at radius 1 is 1.55 bits per heavy atom. The van der Waals surface area contributed by atoms with Crippen molar-refractivity contribution >= 4 is 11.7 Å². The van der Waals surface area contributed by atoms with E-state index in [9.17, 15) is 9.90 Å². The summed E-state index contributed by atoms with van der Waals surface area (Å²) >= 11 is 0. The molecule has 0 radical (unpaired) electrons. The molecule has 1 atom stereocenters. The SMILES string of the molecule is COc1cc(N2CCCC(C(C)(C)C(=O)O)C2)ccn1. The Morgan fingerprint density at radius 3 is 2.95 bits per heavy atom. The highest BCUT2D eigenvalue weighted by molar-refractivity contribution is 5.74. The normalized spacial score (nSPS) is 19.8. The molecule has 0 aromatic carbocycles. The van der Waals surface area contributed by atoms with Crippen LogP contribution in [-0.2, 0) is 4.79 Å². The second-order valence-electron chi connectivity index (χ2n) is 5.87. The van der Waals surface area contributed by atoms with Crippen molar-refractivity contribution in [2.24, 2.45) is 11.3 Å². The van der Waals surface area contributed by atoms with E-state index in [1.165, 1.54) is 0 Å². The van der Waals surface area contributed by atoms with E-state index >= 15 is 0 Å². The molecule has 1 saturated heterocycles. The number of aliphatic carboxylic acids is 1. The van der Waals surface area contributed by atoms with Crippen LogP contribution in [0.25, 0.3) is 0 Å². The third-order valence-corrected chi connectivity index (χ3v) is 4.29. The number of pyridine rings is 1. The summed E-state index contributed by atoms with van der Waals surface area (Å²) in [7, 11) is 1.60. The molecule has 0 saturated carbocycles. The monoisotopic (exact) mass is 278 g/mol. The van der Waals surface area contributed by atoms with Crippen LogP contribution in [-0.4, -0.2) is 36.3 Å². The zero-order chi connectivity index (χ0) is 14.8. The first-order valence-corrected chi connectivity index (χ1v) is 6.93. The number of nitrogens with zero attached hydrogens (tertiary/aromatic N) is 2. The van der Waals surface area contributed by atoms with Gasteiger partial charge in [-0.1, -0.05) is 0 Å². The van der Waals surface area contributed by atoms with Crippen LogP contribution in [0.4, 0.5) is 5.69 Å². The minimum atomic E-state index is -0.725. The lowest BCUT2D eigenvalue weighted by Crippen LogP contribution is -2.44. The number of carbonyl (C=O) groups is 1. The lowest BCUT2D eigenvalue weighted by molar-refractivity contribution is -0.150. The fraction of sp³-hybridized carbons (Fsp3) is 0.600. The molecule has 0 spiro atoms. The third-order valence-electron chi connectivity index (χ3n) is 4.29. The van der Waals surface area contributed by atoms with E-state index in [0.717, 1.165) is 31.6 Å². The maximum atomic E-state index is 11.4. The average molecular weight is 278 g/mol. The number of rotatable bonds is 4. The van der Waals surface area contributed by atoms with Gasteiger partial charge in [0.15, 0.2) is 0 Å². The van der Waals surface area contributed by atoms with Gasteiger partial charge in [0.1, 0.15) is 0 Å². The number of hydrogen-bond acceptors (Lipinski definition) is 4. The summed E-state index contributed by atoms with van der Waals surface area (Å²) in [6.07, 6.45) is 3.68. The van der Waals surface area contributed by atoms with Gasteiger partial charge in [-0.05, 0) is 38.7 Å². The fourth-order valence-electron chi connectivity index (χ4n) is 2.68. The van der Waals surface area contributed by atoms with E-state index in [0.29, 0.717) is 5.88 Å². The molecule has 2 rings (SSSR count). The maximum absolute atomic E-state index is 11.4. The molecule has 1 aromatic heterocycles. The Balaban J connectivity index is 2.16. The topological polar surface area (TPSA) is 62.7 Å². The van der Waals surface area contributed by atoms with E-state index in [4.69, 9.17) is 4.74 Å². The first-order valence-electron chi connectivity index (χ1n) is 6.93. The first kappa shape index (κ1) is 14.6. The summed E-state index contributed by atoms with van der Waals surface area (Å²) in [5.41, 5.74) is 0.346. The molecule has 2 heterocycles. The molecule has 110 valence electrons. The van der Waals surface area contributed by atoms with Gasteiger partial charge in [-0.15, -0.1) is 0 Å². The largest absolute Gasteiger partial charge is 0.481 e. The van der Waals surface area contributed by atoms with Crippen LogP contribution >= 0.6 is 0 Å². The second-order valence-corrected chi connectivity index (χ2v) is 5.87. The number of hydrogen-bond donors (Lipinski definition) is 1. The second kappa shape index (κ2) is 5.69. The molecule has 5 heteroatoms. The Kier molecular flexibility index (Phi) is 4.16. The molecule has 1 aromatic rings. The fourth-order valence-corrected chi connectivity index (χ4v) is 2.68. The maximum Gasteiger partial charge on any atom is 0.309 e. The molecular formula is C15H22N2O3. The van der Waals surface area contributed by atoms with Crippen molar-refractivity contribution in [3.05, 3.63) is 18.3 Å². The van der Waals surface area contributed by atoms with Gasteiger partial charge in [0.05, 0.1) is 12.5 Å². The van der Waals surface area contributed by atoms with Gasteiger partial charge in [-0.3, -0.25) is 4.79 Å². The van der Waals surface area contributed by atoms with Gasteiger partial charge >= 0.3 is 5.97 Å². The standard InChI is InChI=1S/C15H22N2O3/c1-15(2,14(18)19)11-5-4-8-17(10-11)12-6-7-16-13(9-12)20-3/h6-7,9,11H,4-5,8,10H2,1-3H3,(H,18,19). The number of methoxy groups -OCH3 is 1. The summed E-state index contributed by atoms with van der Waals surface area (Å²) in [5.74, 6) is 0.00619. The van der Waals surface area contributed by atoms with Crippen molar-refractivity contribution in [3.63, 3.8) is 0 Å². The highest BCUT2D eigenvalue weighted by Gasteiger charge is 2.39. The number of piperidine rings is 1. The van der Waals surface area contributed by atoms with Gasteiger partial charge < -0.3 is 14.7 Å². The first-order chi connectivity index (χ1) is 9.45. The highest BCUT2D eigenvalue weighted by atomic mass is 16.5. The Labute approximate surface area is 119 Å². The third kappa shape index (κ3) is 2.86. The number of aromatic nitrogens is 1. The summed E-state index contributed by atoms with van der Waals surface area (Å²) in [4.78, 5) is 17.7. The molecule has 1 N–H and O–H groups in total. The van der Waals surface area contributed by atoms with Gasteiger partial charge in [0.2, 0.25) is 5.88 Å². The summed E-state index contributed by atoms with van der Waals surface area (Å²) in [6, 6.07) is 3.84. The lowest BCUT2D eigenvalue weighted by Gasteiger charge is -2.40. The molecule has 0 aliphatic carbocycles. The molecular weight excluding hydrogens is 256 g/mol. The van der Waals surface area contributed by atoms with Crippen molar-refractivity contribution < 1.29 is 14.6 Å². The van der Waals surface area contributed by atoms with E-state index in [-0.39, 0.29) is 5.92 Å². The Bertz CT molecular complexity index is 488. The molecule has 1 unspecified atom stereocenters. The predicted molar refractivity (Wildman–Crippen MR) is 77.1 cm³/mol. The quantitative estimate of drug-likeness (QED) is 0.916. The van der Waals surface area contributed by atoms with Crippen LogP contribution < -0.4 is 9.64 Å². The van der Waals surface area contributed by atoms with Crippen molar-refractivity contribution in [2.75, 3.05) is 25.1 Å². The minimum Gasteiger partial charge on any atom is -0.481 e. The minimum absolute atomic E-state index is 0.146. The molecule has 20 heavy (non-hydrogen) atoms. The van der Waals surface area contributed by atoms with Crippen LogP contribution in [0.2, 0.25) is 0 Å². The number of carboxylic acid groups (broad SMARTS) is 1. The van der Waals surface area contributed by atoms with Gasteiger partial charge in [-0.25, -0.2) is 4.98 Å². The molecule has 0 amide bonds. The van der Waals surface area contributed by atoms with Gasteiger partial charge in [0.25, 0.3) is 0 Å². The number of anilines is 1. The average Bonchev–Trinajstić information content (AvgIpc) is 2.47. The van der Waals surface area contributed by atoms with Crippen LogP contribution in [0.15, 0.2) is 18.3 Å². The molecule has 1 aliphatic heterocycles. The highest BCUT2D eigenvalue weighted by Crippen LogP contribution is 2.36. The van der Waals surface area contributed by atoms with Crippen LogP contribution in [0.5, 0.6) is 5.88 Å². The van der Waals surface area contributed by atoms with Crippen LogP contribution in [0.3, 0.4) is 0 Å². The molecule has 0 bridgehead atoms. The van der Waals surface area contributed by atoms with Crippen LogP contribution in [0.1, 0.15) is 26.7 Å². The van der Waals surface area contributed by atoms with Crippen molar-refractivity contribution in [1.29, 1.82) is 0 Å². The summed E-state index contributed by atoms with van der Waals surface area (Å²) < 4.78 is 5.15. The lowest BCUT2D eigenvalue weighted by atomic mass is 9.74. The van der Waals surface area contributed by atoms with Gasteiger partial charge in [-0.2, -0.15) is 0 Å². The molecule has 1 aliphatic rings. The number of ether oxygens (including phenoxy) is 1. The summed E-state index contributed by atoms with van der Waals surface area (Å²) in [5, 5.41) is 9.38. The number of carboxylic acids is 1. The van der Waals surface area contributed by atoms with E-state index in [2.05, 4.69) is 9.88 Å². The predicted octanol–water partition coefficient (Wildman–Crippen LogP) is 2.42. The van der Waals surface area contributed by atoms with Crippen molar-refractivity contribution in [1.82, 2.24) is 4.98 Å². The Hall–Kier alpha value is -1.78. The Morgan fingerprint density at radius 2 is 2.30 bits per heavy atom. The van der Waals surface area contributed by atoms with Crippen LogP contribution in [0, 0.1) is 11.3 Å². The zero-order valence-electron chi connectivity index (χ0n) is 12.3. The zero-order valence-corrected chi connectivity index (χ0v) is 12.3. The van der Waals surface area contributed by atoms with Crippen molar-refractivity contribution in [3.8, 4) is 5.88 Å². The summed E-state index contributed by atoms with van der Waals surface area (Å²) in [6.45, 7) is 5.33. The van der Waals surface area contributed by atoms with E-state index in [1.807, 2.05) is 26.0 Å². The molecule has 5 nitrogen and oxygen atoms in total. The molecule has 1 fully saturated rings. The smallest absolute Gasteiger partial charge is 0.309 e. The van der Waals surface area contributed by atoms with E-state index in [1.54, 1.807) is 13.3 Å². The van der Waals surface area contributed by atoms with E-state index < -0.39 is 11.4 Å². The van der Waals surface area contributed by atoms with Gasteiger partial charge in [0, 0.05) is 31.0 Å². The van der Waals surface area contributed by atoms with Crippen molar-refractivity contribution in [2.45, 2.75) is 26.7 Å².